The summed E-state index contributed by atoms with van der Waals surface area (Å²) in [5, 5.41) is 7.63. The Bertz CT molecular complexity index is 410. The van der Waals surface area contributed by atoms with E-state index in [2.05, 4.69) is 29.9 Å². The van der Waals surface area contributed by atoms with Crippen LogP contribution in [-0.2, 0) is 0 Å². The van der Waals surface area contributed by atoms with Gasteiger partial charge in [0.1, 0.15) is 5.84 Å². The first-order chi connectivity index (χ1) is 8.04. The van der Waals surface area contributed by atoms with Gasteiger partial charge in [0.2, 0.25) is 0 Å². The zero-order valence-corrected chi connectivity index (χ0v) is 10.7. The number of hydrogen-bond donors (Lipinski definition) is 1. The summed E-state index contributed by atoms with van der Waals surface area (Å²) in [6.45, 7) is 5.54. The average Bonchev–Trinajstić information content (AvgIpc) is 2.28. The molecule has 0 heterocycles. The van der Waals surface area contributed by atoms with E-state index in [9.17, 15) is 0 Å². The third kappa shape index (κ3) is 3.90. The zero-order chi connectivity index (χ0) is 12.8. The Morgan fingerprint density at radius 1 is 1.47 bits per heavy atom. The fourth-order valence-corrected chi connectivity index (χ4v) is 1.65. The first kappa shape index (κ1) is 13.2. The van der Waals surface area contributed by atoms with E-state index >= 15 is 0 Å². The van der Waals surface area contributed by atoms with Gasteiger partial charge in [0.15, 0.2) is 0 Å². The van der Waals surface area contributed by atoms with Crippen LogP contribution in [0.15, 0.2) is 34.5 Å². The number of benzene rings is 1. The predicted octanol–water partition coefficient (Wildman–Crippen LogP) is 2.34. The Hall–Kier alpha value is -1.84. The Balaban J connectivity index is 2.80. The molecule has 1 aromatic rings. The molecule has 17 heavy (non-hydrogen) atoms. The molecular formula is C13H20N4. The number of nitrogens with zero attached hydrogens (tertiary/aromatic N) is 3. The van der Waals surface area contributed by atoms with Gasteiger partial charge >= 0.3 is 0 Å². The second-order valence-electron chi connectivity index (χ2n) is 4.33. The molecule has 4 nitrogen and oxygen atoms in total. The van der Waals surface area contributed by atoms with Crippen LogP contribution >= 0.6 is 0 Å². The molecule has 0 saturated carbocycles. The van der Waals surface area contributed by atoms with E-state index in [0.29, 0.717) is 5.92 Å². The third-order valence-corrected chi connectivity index (χ3v) is 2.67. The molecule has 1 unspecified atom stereocenters. The number of nitrogens with two attached hydrogens (primary N) is 1. The molecule has 0 aliphatic heterocycles. The lowest BCUT2D eigenvalue weighted by atomic mass is 9.96. The van der Waals surface area contributed by atoms with Crippen LogP contribution in [0.3, 0.4) is 0 Å². The van der Waals surface area contributed by atoms with Crippen molar-refractivity contribution in [3.63, 3.8) is 0 Å². The highest BCUT2D eigenvalue weighted by Gasteiger charge is 2.11. The van der Waals surface area contributed by atoms with Crippen LogP contribution in [0.25, 0.3) is 0 Å². The second kappa shape index (κ2) is 6.03. The molecule has 0 amide bonds. The molecule has 0 fully saturated rings. The first-order valence-corrected chi connectivity index (χ1v) is 5.60. The molecule has 0 aliphatic carbocycles. The minimum Gasteiger partial charge on any atom is -0.399 e. The van der Waals surface area contributed by atoms with Gasteiger partial charge in [-0.15, -0.1) is 5.10 Å². The fourth-order valence-electron chi connectivity index (χ4n) is 1.65. The van der Waals surface area contributed by atoms with E-state index in [1.54, 1.807) is 0 Å². The van der Waals surface area contributed by atoms with Gasteiger partial charge in [0.25, 0.3) is 0 Å². The van der Waals surface area contributed by atoms with Crippen molar-refractivity contribution < 1.29 is 0 Å². The van der Waals surface area contributed by atoms with Crippen LogP contribution in [0.4, 0.5) is 5.69 Å². The van der Waals surface area contributed by atoms with Crippen molar-refractivity contribution in [1.29, 1.82) is 0 Å². The lowest BCUT2D eigenvalue weighted by Crippen LogP contribution is -2.23. The van der Waals surface area contributed by atoms with E-state index in [-0.39, 0.29) is 0 Å². The van der Waals surface area contributed by atoms with Crippen molar-refractivity contribution in [3.05, 3.63) is 29.8 Å². The van der Waals surface area contributed by atoms with Crippen LogP contribution < -0.4 is 5.73 Å². The van der Waals surface area contributed by atoms with Gasteiger partial charge in [0, 0.05) is 32.9 Å². The summed E-state index contributed by atoms with van der Waals surface area (Å²) in [5.74, 6) is 1.26. The summed E-state index contributed by atoms with van der Waals surface area (Å²) in [4.78, 5) is 1.96. The van der Waals surface area contributed by atoms with Gasteiger partial charge < -0.3 is 10.6 Å². The molecule has 0 radical (unpaired) electrons. The van der Waals surface area contributed by atoms with E-state index in [4.69, 9.17) is 5.73 Å². The van der Waals surface area contributed by atoms with Crippen molar-refractivity contribution >= 4 is 18.2 Å². The van der Waals surface area contributed by atoms with Crippen molar-refractivity contribution in [2.45, 2.75) is 19.3 Å². The maximum atomic E-state index is 5.78. The zero-order valence-electron chi connectivity index (χ0n) is 10.7. The summed E-state index contributed by atoms with van der Waals surface area (Å²) >= 11 is 0. The molecule has 0 bridgehead atoms. The molecular weight excluding hydrogens is 212 g/mol. The van der Waals surface area contributed by atoms with Crippen molar-refractivity contribution in [2.75, 3.05) is 19.8 Å². The summed E-state index contributed by atoms with van der Waals surface area (Å²) in [6, 6.07) is 7.94. The van der Waals surface area contributed by atoms with Gasteiger partial charge in [-0.25, -0.2) is 0 Å². The Morgan fingerprint density at radius 3 is 2.71 bits per heavy atom. The summed E-state index contributed by atoms with van der Waals surface area (Å²) in [5.41, 5.74) is 7.78. The van der Waals surface area contributed by atoms with E-state index in [0.717, 1.165) is 17.9 Å². The molecule has 2 N–H and O–H groups in total. The number of nitrogen functional groups attached to an aromatic ring is 1. The van der Waals surface area contributed by atoms with Gasteiger partial charge in [-0.1, -0.05) is 19.1 Å². The monoisotopic (exact) mass is 232 g/mol. The van der Waals surface area contributed by atoms with Crippen LogP contribution in [0.5, 0.6) is 0 Å². The average molecular weight is 232 g/mol. The lowest BCUT2D eigenvalue weighted by molar-refractivity contribution is 0.585. The van der Waals surface area contributed by atoms with Gasteiger partial charge in [0.05, 0.1) is 0 Å². The summed E-state index contributed by atoms with van der Waals surface area (Å²) in [7, 11) is 3.91. The van der Waals surface area contributed by atoms with Crippen molar-refractivity contribution in [2.24, 2.45) is 10.2 Å². The normalized spacial score (nSPS) is 13.2. The molecule has 92 valence electrons. The largest absolute Gasteiger partial charge is 0.399 e. The summed E-state index contributed by atoms with van der Waals surface area (Å²) in [6.07, 6.45) is 0.815. The third-order valence-electron chi connectivity index (χ3n) is 2.67. The Labute approximate surface area is 103 Å². The minimum atomic E-state index is 0.349. The second-order valence-corrected chi connectivity index (χ2v) is 4.33. The van der Waals surface area contributed by atoms with Gasteiger partial charge in [-0.05, 0) is 23.6 Å². The predicted molar refractivity (Wildman–Crippen MR) is 74.6 cm³/mol. The Kier molecular flexibility index (Phi) is 4.69. The van der Waals surface area contributed by atoms with E-state index in [1.165, 1.54) is 5.56 Å². The molecule has 0 aromatic heterocycles. The van der Waals surface area contributed by atoms with Crippen LogP contribution in [-0.4, -0.2) is 31.5 Å². The molecule has 0 spiro atoms. The molecule has 4 heteroatoms. The standard InChI is InChI=1S/C13H20N4/c1-10(8-13(16-15-2)17(3)4)11-6-5-7-12(14)9-11/h5-7,9-10H,2,8,14H2,1,3-4H3/b16-13-. The van der Waals surface area contributed by atoms with E-state index < -0.39 is 0 Å². The first-order valence-electron chi connectivity index (χ1n) is 5.60. The molecule has 1 atom stereocenters. The highest BCUT2D eigenvalue weighted by molar-refractivity contribution is 5.82. The number of amidine groups is 1. The Morgan fingerprint density at radius 2 is 2.18 bits per heavy atom. The fraction of sp³-hybridized carbons (Fsp3) is 0.385. The van der Waals surface area contributed by atoms with E-state index in [1.807, 2.05) is 37.2 Å². The smallest absolute Gasteiger partial charge is 0.127 e. The molecule has 1 rings (SSSR count). The summed E-state index contributed by atoms with van der Waals surface area (Å²) < 4.78 is 0. The van der Waals surface area contributed by atoms with Crippen LogP contribution in [0, 0.1) is 0 Å². The number of anilines is 1. The lowest BCUT2D eigenvalue weighted by Gasteiger charge is -2.19. The number of hydrogen-bond acceptors (Lipinski definition) is 3. The maximum absolute atomic E-state index is 5.78. The van der Waals surface area contributed by atoms with Crippen LogP contribution in [0.1, 0.15) is 24.8 Å². The van der Waals surface area contributed by atoms with Gasteiger partial charge in [-0.2, -0.15) is 5.10 Å². The SMILES string of the molecule is C=N/N=C(/CC(C)c1cccc(N)c1)N(C)C. The minimum absolute atomic E-state index is 0.349. The maximum Gasteiger partial charge on any atom is 0.127 e. The molecule has 0 aliphatic rings. The molecule has 1 aromatic carbocycles. The van der Waals surface area contributed by atoms with Crippen LogP contribution in [0.2, 0.25) is 0 Å². The quantitative estimate of drug-likeness (QED) is 0.375. The topological polar surface area (TPSA) is 54.0 Å². The van der Waals surface area contributed by atoms with Crippen molar-refractivity contribution in [3.8, 4) is 0 Å². The van der Waals surface area contributed by atoms with Crippen molar-refractivity contribution in [1.82, 2.24) is 4.90 Å². The highest BCUT2D eigenvalue weighted by Crippen LogP contribution is 2.21. The number of rotatable bonds is 4. The highest BCUT2D eigenvalue weighted by atomic mass is 15.3. The molecule has 0 saturated heterocycles. The van der Waals surface area contributed by atoms with Gasteiger partial charge in [-0.3, -0.25) is 0 Å².